The summed E-state index contributed by atoms with van der Waals surface area (Å²) in [6, 6.07) is 5.32. The van der Waals surface area contributed by atoms with Gasteiger partial charge in [0.2, 0.25) is 6.41 Å². The van der Waals surface area contributed by atoms with Crippen LogP contribution in [0.25, 0.3) is 0 Å². The number of rotatable bonds is 2. The van der Waals surface area contributed by atoms with Crippen molar-refractivity contribution < 1.29 is 4.79 Å². The van der Waals surface area contributed by atoms with Crippen LogP contribution in [0.15, 0.2) is 22.7 Å². The van der Waals surface area contributed by atoms with Gasteiger partial charge in [-0.2, -0.15) is 0 Å². The fraction of sp³-hybridized carbons (Fsp3) is 0. The molecule has 0 fully saturated rings. The van der Waals surface area contributed by atoms with E-state index in [1.807, 2.05) is 0 Å². The number of hydrogen-bond donors (Lipinski definition) is 1. The van der Waals surface area contributed by atoms with E-state index in [1.165, 1.54) is 0 Å². The topological polar surface area (TPSA) is 29.1 Å². The Morgan fingerprint density at radius 2 is 2.27 bits per heavy atom. The largest absolute Gasteiger partial charge is 0.327 e. The molecule has 0 unspecified atom stereocenters. The van der Waals surface area contributed by atoms with Gasteiger partial charge in [0.05, 0.1) is 10.7 Å². The van der Waals surface area contributed by atoms with Crippen LogP contribution < -0.4 is 5.32 Å². The molecule has 0 saturated carbocycles. The molecule has 1 aromatic carbocycles. The number of carbonyl (C=O) groups excluding carboxylic acids is 1. The molecule has 0 aromatic heterocycles. The SMILES string of the molecule is O=CNc1cccc(Br)c1Cl. The lowest BCUT2D eigenvalue weighted by atomic mass is 10.3. The van der Waals surface area contributed by atoms with Gasteiger partial charge in [-0.1, -0.05) is 17.7 Å². The van der Waals surface area contributed by atoms with Crippen molar-refractivity contribution >= 4 is 39.6 Å². The van der Waals surface area contributed by atoms with Crippen molar-refractivity contribution in [3.8, 4) is 0 Å². The highest BCUT2D eigenvalue weighted by atomic mass is 79.9. The zero-order valence-electron chi connectivity index (χ0n) is 5.47. The maximum Gasteiger partial charge on any atom is 0.211 e. The minimum Gasteiger partial charge on any atom is -0.327 e. The Labute approximate surface area is 77.7 Å². The van der Waals surface area contributed by atoms with E-state index < -0.39 is 0 Å². The van der Waals surface area contributed by atoms with Crippen LogP contribution in [0, 0.1) is 0 Å². The number of anilines is 1. The van der Waals surface area contributed by atoms with E-state index in [1.54, 1.807) is 18.2 Å². The summed E-state index contributed by atoms with van der Waals surface area (Å²) in [4.78, 5) is 10.1. The first-order valence-corrected chi connectivity index (χ1v) is 4.07. The molecule has 0 heterocycles. The van der Waals surface area contributed by atoms with Crippen LogP contribution in [0.1, 0.15) is 0 Å². The molecule has 0 aliphatic rings. The molecule has 0 bridgehead atoms. The number of amides is 1. The number of nitrogens with one attached hydrogen (secondary N) is 1. The van der Waals surface area contributed by atoms with Gasteiger partial charge in [-0.3, -0.25) is 4.79 Å². The predicted octanol–water partition coefficient (Wildman–Crippen LogP) is 2.67. The van der Waals surface area contributed by atoms with Crippen molar-refractivity contribution in [1.29, 1.82) is 0 Å². The summed E-state index contributed by atoms with van der Waals surface area (Å²) in [7, 11) is 0. The average molecular weight is 234 g/mol. The van der Waals surface area contributed by atoms with Gasteiger partial charge in [0, 0.05) is 4.47 Å². The molecule has 1 aromatic rings. The third-order valence-electron chi connectivity index (χ3n) is 1.17. The molecule has 0 saturated heterocycles. The summed E-state index contributed by atoms with van der Waals surface area (Å²) in [5.41, 5.74) is 0.607. The zero-order chi connectivity index (χ0) is 8.27. The van der Waals surface area contributed by atoms with Gasteiger partial charge >= 0.3 is 0 Å². The third kappa shape index (κ3) is 1.94. The maximum absolute atomic E-state index is 10.1. The summed E-state index contributed by atoms with van der Waals surface area (Å²) < 4.78 is 0.769. The Balaban J connectivity index is 3.05. The van der Waals surface area contributed by atoms with E-state index in [-0.39, 0.29) is 0 Å². The fourth-order valence-electron chi connectivity index (χ4n) is 0.679. The van der Waals surface area contributed by atoms with Gasteiger partial charge in [-0.05, 0) is 28.1 Å². The van der Waals surface area contributed by atoms with Crippen LogP contribution in [-0.4, -0.2) is 6.41 Å². The first kappa shape index (κ1) is 8.56. The number of hydrogen-bond acceptors (Lipinski definition) is 1. The van der Waals surface area contributed by atoms with Crippen molar-refractivity contribution in [3.05, 3.63) is 27.7 Å². The van der Waals surface area contributed by atoms with E-state index >= 15 is 0 Å². The second-order valence-corrected chi connectivity index (χ2v) is 3.10. The lowest BCUT2D eigenvalue weighted by molar-refractivity contribution is -0.105. The van der Waals surface area contributed by atoms with Crippen molar-refractivity contribution in [2.24, 2.45) is 0 Å². The van der Waals surface area contributed by atoms with E-state index in [0.29, 0.717) is 17.1 Å². The van der Waals surface area contributed by atoms with E-state index in [9.17, 15) is 4.79 Å². The summed E-state index contributed by atoms with van der Waals surface area (Å²) in [5, 5.41) is 2.99. The molecule has 0 aliphatic carbocycles. The van der Waals surface area contributed by atoms with Gasteiger partial charge in [0.25, 0.3) is 0 Å². The van der Waals surface area contributed by atoms with Crippen LogP contribution in [0.5, 0.6) is 0 Å². The molecule has 1 N–H and O–H groups in total. The van der Waals surface area contributed by atoms with Crippen molar-refractivity contribution in [2.45, 2.75) is 0 Å². The molecule has 0 aliphatic heterocycles. The van der Waals surface area contributed by atoms with Crippen LogP contribution in [0.2, 0.25) is 5.02 Å². The van der Waals surface area contributed by atoms with Gasteiger partial charge < -0.3 is 5.32 Å². The molecule has 1 rings (SSSR count). The van der Waals surface area contributed by atoms with E-state index in [4.69, 9.17) is 11.6 Å². The Bertz CT molecular complexity index is 277. The van der Waals surface area contributed by atoms with Gasteiger partial charge in [0.15, 0.2) is 0 Å². The van der Waals surface area contributed by atoms with Gasteiger partial charge in [-0.25, -0.2) is 0 Å². The Hall–Kier alpha value is -0.540. The van der Waals surface area contributed by atoms with Crippen molar-refractivity contribution in [1.82, 2.24) is 0 Å². The predicted molar refractivity (Wildman–Crippen MR) is 48.8 cm³/mol. The van der Waals surface area contributed by atoms with Crippen LogP contribution in [0.4, 0.5) is 5.69 Å². The van der Waals surface area contributed by atoms with Crippen LogP contribution >= 0.6 is 27.5 Å². The molecular formula is C7H5BrClNO. The third-order valence-corrected chi connectivity index (χ3v) is 2.46. The van der Waals surface area contributed by atoms with Crippen molar-refractivity contribution in [2.75, 3.05) is 5.32 Å². The highest BCUT2D eigenvalue weighted by Crippen LogP contribution is 2.29. The monoisotopic (exact) mass is 233 g/mol. The Kier molecular flexibility index (Phi) is 2.91. The first-order valence-electron chi connectivity index (χ1n) is 2.90. The molecule has 4 heteroatoms. The highest BCUT2D eigenvalue weighted by molar-refractivity contribution is 9.10. The smallest absolute Gasteiger partial charge is 0.211 e. The standard InChI is InChI=1S/C7H5BrClNO/c8-5-2-1-3-6(7(5)9)10-4-11/h1-4H,(H,10,11). The molecule has 58 valence electrons. The molecule has 0 radical (unpaired) electrons. The molecule has 0 spiro atoms. The first-order chi connectivity index (χ1) is 5.25. The zero-order valence-corrected chi connectivity index (χ0v) is 7.82. The lowest BCUT2D eigenvalue weighted by Crippen LogP contribution is -1.93. The van der Waals surface area contributed by atoms with Crippen molar-refractivity contribution in [3.63, 3.8) is 0 Å². The molecule has 0 atom stereocenters. The average Bonchev–Trinajstić information content (AvgIpc) is 1.99. The van der Waals surface area contributed by atoms with E-state index in [2.05, 4.69) is 21.2 Å². The fourth-order valence-corrected chi connectivity index (χ4v) is 1.23. The van der Waals surface area contributed by atoms with Crippen LogP contribution in [-0.2, 0) is 4.79 Å². The molecular weight excluding hydrogens is 229 g/mol. The molecule has 11 heavy (non-hydrogen) atoms. The maximum atomic E-state index is 10.1. The number of halogens is 2. The Morgan fingerprint density at radius 3 is 2.91 bits per heavy atom. The Morgan fingerprint density at radius 1 is 1.55 bits per heavy atom. The van der Waals surface area contributed by atoms with Crippen LogP contribution in [0.3, 0.4) is 0 Å². The summed E-state index contributed by atoms with van der Waals surface area (Å²) in [6.07, 6.45) is 0.591. The normalized spacial score (nSPS) is 9.27. The summed E-state index contributed by atoms with van der Waals surface area (Å²) >= 11 is 9.03. The van der Waals surface area contributed by atoms with E-state index in [0.717, 1.165) is 4.47 Å². The quantitative estimate of drug-likeness (QED) is 0.783. The molecule has 2 nitrogen and oxygen atoms in total. The second kappa shape index (κ2) is 3.74. The number of benzene rings is 1. The minimum atomic E-state index is 0.514. The number of carbonyl (C=O) groups is 1. The second-order valence-electron chi connectivity index (χ2n) is 1.86. The highest BCUT2D eigenvalue weighted by Gasteiger charge is 2.00. The summed E-state index contributed by atoms with van der Waals surface area (Å²) in [5.74, 6) is 0. The summed E-state index contributed by atoms with van der Waals surface area (Å²) in [6.45, 7) is 0. The lowest BCUT2D eigenvalue weighted by Gasteiger charge is -2.01. The van der Waals surface area contributed by atoms with Gasteiger partial charge in [0.1, 0.15) is 0 Å². The van der Waals surface area contributed by atoms with Gasteiger partial charge in [-0.15, -0.1) is 0 Å². The minimum absolute atomic E-state index is 0.514. The molecule has 1 amide bonds.